The number of carboxylic acids is 1. The number of likely N-dealkylation sites (tertiary alicyclic amines) is 1. The summed E-state index contributed by atoms with van der Waals surface area (Å²) in [5.74, 6) is -1.33. The number of halogens is 3. The largest absolute Gasteiger partial charge is 0.481 e. The summed E-state index contributed by atoms with van der Waals surface area (Å²) in [7, 11) is 0. The first-order valence-corrected chi connectivity index (χ1v) is 10.3. The highest BCUT2D eigenvalue weighted by Gasteiger charge is 2.30. The van der Waals surface area contributed by atoms with Crippen molar-refractivity contribution in [1.29, 1.82) is 0 Å². The second-order valence-corrected chi connectivity index (χ2v) is 7.28. The highest BCUT2D eigenvalue weighted by Crippen LogP contribution is 2.32. The molecule has 32 heavy (non-hydrogen) atoms. The number of hydrogen-bond acceptors (Lipinski definition) is 5. The molecule has 1 aliphatic rings. The molecule has 2 aromatic rings. The van der Waals surface area contributed by atoms with E-state index < -0.39 is 23.7 Å². The van der Waals surface area contributed by atoms with Gasteiger partial charge in [0.05, 0.1) is 16.8 Å². The van der Waals surface area contributed by atoms with E-state index in [-0.39, 0.29) is 17.5 Å². The van der Waals surface area contributed by atoms with Gasteiger partial charge in [-0.15, -0.1) is 0 Å². The summed E-state index contributed by atoms with van der Waals surface area (Å²) in [6.45, 7) is 4.84. The standard InChI is InChI=1S/C21H23F3N2O2.C2H4O2/c1-2-19(26-12-5-6-13-26)28-20(27)17-10-3-4-11-18(17)25-16-9-7-8-15(14-16)21(22,23)24;1-2(3)4/h3-4,7-11,14,19,25H,2,5-6,12-13H2,1H3;1H3,(H,3,4). The van der Waals surface area contributed by atoms with Crippen molar-refractivity contribution >= 4 is 23.3 Å². The van der Waals surface area contributed by atoms with E-state index in [0.717, 1.165) is 45.0 Å². The first kappa shape index (κ1) is 25.2. The van der Waals surface area contributed by atoms with Crippen LogP contribution in [0.1, 0.15) is 49.0 Å². The molecular weight excluding hydrogens is 425 g/mol. The summed E-state index contributed by atoms with van der Waals surface area (Å²) >= 11 is 0. The van der Waals surface area contributed by atoms with Crippen LogP contribution < -0.4 is 5.32 Å². The molecule has 1 atom stereocenters. The van der Waals surface area contributed by atoms with Crippen molar-refractivity contribution in [1.82, 2.24) is 4.90 Å². The van der Waals surface area contributed by atoms with E-state index in [1.165, 1.54) is 12.1 Å². The van der Waals surface area contributed by atoms with Gasteiger partial charge in [-0.25, -0.2) is 4.79 Å². The number of para-hydroxylation sites is 1. The molecule has 2 N–H and O–H groups in total. The summed E-state index contributed by atoms with van der Waals surface area (Å²) in [5.41, 5.74) is 0.194. The molecule has 1 unspecified atom stereocenters. The molecule has 2 aromatic carbocycles. The fraction of sp³-hybridized carbons (Fsp3) is 0.391. The average molecular weight is 452 g/mol. The van der Waals surface area contributed by atoms with Gasteiger partial charge in [0, 0.05) is 25.7 Å². The Balaban J connectivity index is 0.000000837. The third-order valence-corrected chi connectivity index (χ3v) is 4.76. The van der Waals surface area contributed by atoms with Crippen molar-refractivity contribution in [2.24, 2.45) is 0 Å². The molecule has 0 aliphatic carbocycles. The Morgan fingerprint density at radius 1 is 1.12 bits per heavy atom. The number of aliphatic carboxylic acids is 1. The quantitative estimate of drug-likeness (QED) is 0.561. The van der Waals surface area contributed by atoms with E-state index >= 15 is 0 Å². The van der Waals surface area contributed by atoms with Gasteiger partial charge in [-0.3, -0.25) is 9.69 Å². The van der Waals surface area contributed by atoms with E-state index in [1.807, 2.05) is 6.92 Å². The SMILES string of the molecule is CC(=O)O.CCC(OC(=O)c1ccccc1Nc1cccc(C(F)(F)F)c1)N1CCCC1. The van der Waals surface area contributed by atoms with Crippen molar-refractivity contribution in [2.45, 2.75) is 45.5 Å². The maximum absolute atomic E-state index is 12.9. The number of anilines is 2. The normalized spacial score (nSPS) is 14.8. The zero-order valence-corrected chi connectivity index (χ0v) is 18.0. The van der Waals surface area contributed by atoms with Crippen LogP contribution in [-0.4, -0.2) is 41.3 Å². The van der Waals surface area contributed by atoms with Crippen LogP contribution in [0.4, 0.5) is 24.5 Å². The minimum absolute atomic E-state index is 0.252. The van der Waals surface area contributed by atoms with Crippen LogP contribution in [0.2, 0.25) is 0 Å². The van der Waals surface area contributed by atoms with Gasteiger partial charge in [0.1, 0.15) is 0 Å². The Morgan fingerprint density at radius 2 is 1.75 bits per heavy atom. The lowest BCUT2D eigenvalue weighted by Crippen LogP contribution is -2.36. The van der Waals surface area contributed by atoms with Crippen LogP contribution in [-0.2, 0) is 15.7 Å². The first-order valence-electron chi connectivity index (χ1n) is 10.3. The summed E-state index contributed by atoms with van der Waals surface area (Å²) in [4.78, 5) is 23.9. The molecule has 0 saturated carbocycles. The van der Waals surface area contributed by atoms with Crippen LogP contribution in [0.15, 0.2) is 48.5 Å². The van der Waals surface area contributed by atoms with Gasteiger partial charge in [0.25, 0.3) is 5.97 Å². The number of esters is 1. The zero-order valence-electron chi connectivity index (χ0n) is 18.0. The van der Waals surface area contributed by atoms with E-state index in [4.69, 9.17) is 14.6 Å². The molecule has 0 aromatic heterocycles. The van der Waals surface area contributed by atoms with Crippen molar-refractivity contribution in [2.75, 3.05) is 18.4 Å². The van der Waals surface area contributed by atoms with Gasteiger partial charge in [0.15, 0.2) is 6.23 Å². The first-order chi connectivity index (χ1) is 15.1. The number of nitrogens with one attached hydrogen (secondary N) is 1. The molecule has 6 nitrogen and oxygen atoms in total. The number of carbonyl (C=O) groups excluding carboxylic acids is 1. The number of benzene rings is 2. The Hall–Kier alpha value is -3.07. The Morgan fingerprint density at radius 3 is 2.34 bits per heavy atom. The van der Waals surface area contributed by atoms with Crippen molar-refractivity contribution in [3.63, 3.8) is 0 Å². The fourth-order valence-corrected chi connectivity index (χ4v) is 3.33. The van der Waals surface area contributed by atoms with Gasteiger partial charge in [0.2, 0.25) is 0 Å². The Kier molecular flexibility index (Phi) is 9.07. The monoisotopic (exact) mass is 452 g/mol. The van der Waals surface area contributed by atoms with E-state index in [0.29, 0.717) is 12.1 Å². The molecule has 0 radical (unpaired) electrons. The lowest BCUT2D eigenvalue weighted by Gasteiger charge is -2.26. The van der Waals surface area contributed by atoms with Crippen LogP contribution >= 0.6 is 0 Å². The Bertz CT molecular complexity index is 908. The highest BCUT2D eigenvalue weighted by atomic mass is 19.4. The molecule has 0 amide bonds. The third-order valence-electron chi connectivity index (χ3n) is 4.76. The molecule has 1 fully saturated rings. The summed E-state index contributed by atoms with van der Waals surface area (Å²) in [5, 5.41) is 10.3. The predicted octanol–water partition coefficient (Wildman–Crippen LogP) is 5.53. The van der Waals surface area contributed by atoms with E-state index in [1.54, 1.807) is 24.3 Å². The zero-order chi connectivity index (χ0) is 23.7. The van der Waals surface area contributed by atoms with Crippen LogP contribution in [0.25, 0.3) is 0 Å². The summed E-state index contributed by atoms with van der Waals surface area (Å²) in [6, 6.07) is 11.5. The highest BCUT2D eigenvalue weighted by molar-refractivity contribution is 5.96. The number of ether oxygens (including phenoxy) is 1. The molecule has 3 rings (SSSR count). The van der Waals surface area contributed by atoms with Gasteiger partial charge in [-0.2, -0.15) is 13.2 Å². The summed E-state index contributed by atoms with van der Waals surface area (Å²) < 4.78 is 44.5. The number of hydrogen-bond donors (Lipinski definition) is 2. The number of rotatable bonds is 6. The summed E-state index contributed by atoms with van der Waals surface area (Å²) in [6.07, 6.45) is -1.88. The van der Waals surface area contributed by atoms with E-state index in [9.17, 15) is 18.0 Å². The predicted molar refractivity (Wildman–Crippen MR) is 115 cm³/mol. The number of alkyl halides is 3. The molecule has 0 bridgehead atoms. The minimum atomic E-state index is -4.43. The van der Waals surface area contributed by atoms with Crippen LogP contribution in [0, 0.1) is 0 Å². The van der Waals surface area contributed by atoms with Gasteiger partial charge < -0.3 is 15.2 Å². The van der Waals surface area contributed by atoms with Crippen LogP contribution in [0.3, 0.4) is 0 Å². The maximum Gasteiger partial charge on any atom is 0.416 e. The molecule has 1 aliphatic heterocycles. The number of carboxylic acid groups (broad SMARTS) is 1. The second-order valence-electron chi connectivity index (χ2n) is 7.28. The number of nitrogens with zero attached hydrogens (tertiary/aromatic N) is 1. The van der Waals surface area contributed by atoms with Gasteiger partial charge in [-0.1, -0.05) is 25.1 Å². The molecule has 9 heteroatoms. The van der Waals surface area contributed by atoms with Crippen molar-refractivity contribution in [3.05, 3.63) is 59.7 Å². The lowest BCUT2D eigenvalue weighted by molar-refractivity contribution is -0.137. The van der Waals surface area contributed by atoms with Gasteiger partial charge >= 0.3 is 12.1 Å². The lowest BCUT2D eigenvalue weighted by atomic mass is 10.1. The molecule has 1 saturated heterocycles. The molecule has 0 spiro atoms. The number of carbonyl (C=O) groups is 2. The molecule has 174 valence electrons. The van der Waals surface area contributed by atoms with Crippen LogP contribution in [0.5, 0.6) is 0 Å². The van der Waals surface area contributed by atoms with Crippen molar-refractivity contribution < 1.29 is 32.6 Å². The minimum Gasteiger partial charge on any atom is -0.481 e. The van der Waals surface area contributed by atoms with E-state index in [2.05, 4.69) is 10.2 Å². The maximum atomic E-state index is 12.9. The topological polar surface area (TPSA) is 78.9 Å². The molecular formula is C23H27F3N2O4. The third kappa shape index (κ3) is 7.56. The molecule has 1 heterocycles. The van der Waals surface area contributed by atoms with Gasteiger partial charge in [-0.05, 0) is 49.6 Å². The Labute approximate surface area is 185 Å². The average Bonchev–Trinajstić information content (AvgIpc) is 3.26. The fourth-order valence-electron chi connectivity index (χ4n) is 3.33. The smallest absolute Gasteiger partial charge is 0.416 e. The second kappa shape index (κ2) is 11.5. The van der Waals surface area contributed by atoms with Crippen molar-refractivity contribution in [3.8, 4) is 0 Å².